The monoisotopic (exact) mass is 253 g/mol. The van der Waals surface area contributed by atoms with E-state index in [1.165, 1.54) is 31.2 Å². The van der Waals surface area contributed by atoms with Gasteiger partial charge >= 0.3 is 0 Å². The summed E-state index contributed by atoms with van der Waals surface area (Å²) in [6.45, 7) is 1.08. The highest BCUT2D eigenvalue weighted by Crippen LogP contribution is 2.16. The Hall–Kier alpha value is -2.64. The second-order valence-electron chi connectivity index (χ2n) is 3.29. The van der Waals surface area contributed by atoms with Gasteiger partial charge < -0.3 is 10.2 Å². The first-order valence-corrected chi connectivity index (χ1v) is 4.93. The lowest BCUT2D eigenvalue weighted by atomic mass is 10.3. The number of nitrogens with zero attached hydrogens (tertiary/aromatic N) is 1. The Kier molecular flexibility index (Phi) is 4.61. The van der Waals surface area contributed by atoms with Crippen LogP contribution in [0.4, 0.5) is 5.69 Å². The van der Waals surface area contributed by atoms with Crippen LogP contribution in [0, 0.1) is 10.1 Å². The zero-order valence-electron chi connectivity index (χ0n) is 9.50. The standard InChI is InChI=1S/C10H11N3O5/c1-7(14)11-6-10(15)12-18-9-4-2-8(3-5-9)13(16)17/h2-5H,6H2,1H3,(H,11,14)(H,12,15). The lowest BCUT2D eigenvalue weighted by Gasteiger charge is -2.06. The van der Waals surface area contributed by atoms with Crippen molar-refractivity contribution < 1.29 is 19.3 Å². The maximum atomic E-state index is 11.1. The van der Waals surface area contributed by atoms with E-state index in [2.05, 4.69) is 10.8 Å². The van der Waals surface area contributed by atoms with Gasteiger partial charge in [0.25, 0.3) is 11.6 Å². The fourth-order valence-corrected chi connectivity index (χ4v) is 0.993. The molecule has 2 N–H and O–H groups in total. The molecule has 0 saturated carbocycles. The number of hydrogen-bond donors (Lipinski definition) is 2. The number of nitrogens with one attached hydrogen (secondary N) is 2. The Balaban J connectivity index is 2.41. The van der Waals surface area contributed by atoms with Crippen LogP contribution in [0.3, 0.4) is 0 Å². The first-order valence-electron chi connectivity index (χ1n) is 4.93. The smallest absolute Gasteiger partial charge is 0.271 e. The van der Waals surface area contributed by atoms with Crippen molar-refractivity contribution in [1.82, 2.24) is 10.8 Å². The second kappa shape index (κ2) is 6.18. The molecule has 0 aliphatic heterocycles. The molecule has 0 spiro atoms. The summed E-state index contributed by atoms with van der Waals surface area (Å²) in [4.78, 5) is 36.4. The predicted molar refractivity (Wildman–Crippen MR) is 60.6 cm³/mol. The summed E-state index contributed by atoms with van der Waals surface area (Å²) in [7, 11) is 0. The van der Waals surface area contributed by atoms with Gasteiger partial charge in [-0.3, -0.25) is 19.7 Å². The molecule has 0 bridgehead atoms. The van der Waals surface area contributed by atoms with Gasteiger partial charge in [0.05, 0.1) is 11.5 Å². The van der Waals surface area contributed by atoms with E-state index >= 15 is 0 Å². The highest BCUT2D eigenvalue weighted by molar-refractivity contribution is 5.83. The van der Waals surface area contributed by atoms with Gasteiger partial charge in [-0.05, 0) is 12.1 Å². The predicted octanol–water partition coefficient (Wildman–Crippen LogP) is 0.141. The summed E-state index contributed by atoms with van der Waals surface area (Å²) in [6, 6.07) is 5.18. The summed E-state index contributed by atoms with van der Waals surface area (Å²) in [5.41, 5.74) is 2.00. The number of benzene rings is 1. The Morgan fingerprint density at radius 2 is 1.94 bits per heavy atom. The molecule has 0 aromatic heterocycles. The molecule has 1 aromatic carbocycles. The van der Waals surface area contributed by atoms with E-state index < -0.39 is 10.8 Å². The molecule has 0 radical (unpaired) electrons. The van der Waals surface area contributed by atoms with Gasteiger partial charge in [0.2, 0.25) is 5.91 Å². The van der Waals surface area contributed by atoms with Gasteiger partial charge in [0, 0.05) is 19.1 Å². The molecule has 0 unspecified atom stereocenters. The third-order valence-electron chi connectivity index (χ3n) is 1.83. The van der Waals surface area contributed by atoms with Crippen molar-refractivity contribution >= 4 is 17.5 Å². The van der Waals surface area contributed by atoms with Crippen LogP contribution in [0.15, 0.2) is 24.3 Å². The van der Waals surface area contributed by atoms with Crippen molar-refractivity contribution in [2.24, 2.45) is 0 Å². The zero-order chi connectivity index (χ0) is 13.5. The average Bonchev–Trinajstić information content (AvgIpc) is 2.34. The molecule has 0 atom stereocenters. The molecular weight excluding hydrogens is 242 g/mol. The summed E-state index contributed by atoms with van der Waals surface area (Å²) in [6.07, 6.45) is 0. The minimum absolute atomic E-state index is 0.0769. The van der Waals surface area contributed by atoms with Crippen molar-refractivity contribution in [3.8, 4) is 5.75 Å². The number of hydrogen-bond acceptors (Lipinski definition) is 5. The molecule has 0 fully saturated rings. The third-order valence-corrected chi connectivity index (χ3v) is 1.83. The van der Waals surface area contributed by atoms with Crippen LogP contribution in [0.1, 0.15) is 6.92 Å². The van der Waals surface area contributed by atoms with Crippen LogP contribution in [0.5, 0.6) is 5.75 Å². The minimum Gasteiger partial charge on any atom is -0.379 e. The highest BCUT2D eigenvalue weighted by atomic mass is 16.7. The molecule has 8 heteroatoms. The number of amides is 2. The van der Waals surface area contributed by atoms with Crippen molar-refractivity contribution in [2.75, 3.05) is 6.54 Å². The third kappa shape index (κ3) is 4.47. The van der Waals surface area contributed by atoms with Gasteiger partial charge in [-0.25, -0.2) is 0 Å². The van der Waals surface area contributed by atoms with Gasteiger partial charge in [-0.2, -0.15) is 5.48 Å². The molecule has 0 heterocycles. The van der Waals surface area contributed by atoms with Gasteiger partial charge in [0.1, 0.15) is 0 Å². The van der Waals surface area contributed by atoms with E-state index in [0.717, 1.165) is 0 Å². The van der Waals surface area contributed by atoms with Crippen molar-refractivity contribution in [3.63, 3.8) is 0 Å². The molecule has 18 heavy (non-hydrogen) atoms. The molecule has 1 rings (SSSR count). The van der Waals surface area contributed by atoms with Crippen LogP contribution in [0.25, 0.3) is 0 Å². The maximum Gasteiger partial charge on any atom is 0.271 e. The fraction of sp³-hybridized carbons (Fsp3) is 0.200. The van der Waals surface area contributed by atoms with E-state index in [4.69, 9.17) is 4.84 Å². The normalized spacial score (nSPS) is 9.39. The van der Waals surface area contributed by atoms with Gasteiger partial charge in [-0.1, -0.05) is 0 Å². The number of carbonyl (C=O) groups is 2. The topological polar surface area (TPSA) is 111 Å². The Bertz CT molecular complexity index is 457. The summed E-state index contributed by atoms with van der Waals surface area (Å²) in [5, 5.41) is 12.7. The largest absolute Gasteiger partial charge is 0.379 e. The molecule has 1 aromatic rings. The van der Waals surface area contributed by atoms with Crippen molar-refractivity contribution in [3.05, 3.63) is 34.4 Å². The SMILES string of the molecule is CC(=O)NCC(=O)NOc1ccc([N+](=O)[O-])cc1. The quantitative estimate of drug-likeness (QED) is 0.572. The maximum absolute atomic E-state index is 11.1. The fourth-order valence-electron chi connectivity index (χ4n) is 0.993. The van der Waals surface area contributed by atoms with E-state index in [0.29, 0.717) is 0 Å². The van der Waals surface area contributed by atoms with E-state index in [1.807, 2.05) is 0 Å². The lowest BCUT2D eigenvalue weighted by Crippen LogP contribution is -2.37. The summed E-state index contributed by atoms with van der Waals surface area (Å²) >= 11 is 0. The highest BCUT2D eigenvalue weighted by Gasteiger charge is 2.06. The molecular formula is C10H11N3O5. The van der Waals surface area contributed by atoms with Crippen molar-refractivity contribution in [1.29, 1.82) is 0 Å². The summed E-state index contributed by atoms with van der Waals surface area (Å²) in [5.74, 6) is -0.624. The molecule has 0 aliphatic rings. The Morgan fingerprint density at radius 1 is 1.33 bits per heavy atom. The van der Waals surface area contributed by atoms with E-state index in [1.54, 1.807) is 0 Å². The number of carbonyl (C=O) groups excluding carboxylic acids is 2. The van der Waals surface area contributed by atoms with Crippen LogP contribution in [-0.2, 0) is 9.59 Å². The molecule has 0 aliphatic carbocycles. The molecule has 0 saturated heterocycles. The molecule has 8 nitrogen and oxygen atoms in total. The number of hydroxylamine groups is 1. The number of nitro benzene ring substituents is 1. The second-order valence-corrected chi connectivity index (χ2v) is 3.29. The van der Waals surface area contributed by atoms with Gasteiger partial charge in [-0.15, -0.1) is 0 Å². The van der Waals surface area contributed by atoms with Crippen LogP contribution < -0.4 is 15.6 Å². The summed E-state index contributed by atoms with van der Waals surface area (Å²) < 4.78 is 0. The first kappa shape index (κ1) is 13.4. The van der Waals surface area contributed by atoms with Crippen molar-refractivity contribution in [2.45, 2.75) is 6.92 Å². The lowest BCUT2D eigenvalue weighted by molar-refractivity contribution is -0.384. The minimum atomic E-state index is -0.543. The van der Waals surface area contributed by atoms with Gasteiger partial charge in [0.15, 0.2) is 5.75 Å². The average molecular weight is 253 g/mol. The van der Waals surface area contributed by atoms with Crippen LogP contribution in [-0.4, -0.2) is 23.3 Å². The zero-order valence-corrected chi connectivity index (χ0v) is 9.50. The van der Waals surface area contributed by atoms with E-state index in [-0.39, 0.29) is 23.9 Å². The number of nitro groups is 1. The first-order chi connectivity index (χ1) is 8.49. The molecule has 96 valence electrons. The molecule has 2 amide bonds. The number of non-ortho nitro benzene ring substituents is 1. The van der Waals surface area contributed by atoms with Crippen LogP contribution in [0.2, 0.25) is 0 Å². The Morgan fingerprint density at radius 3 is 2.44 bits per heavy atom. The number of rotatable bonds is 5. The van der Waals surface area contributed by atoms with Crippen LogP contribution >= 0.6 is 0 Å². The Labute approximate surface area is 102 Å². The van der Waals surface area contributed by atoms with E-state index in [9.17, 15) is 19.7 Å².